The maximum Gasteiger partial charge on any atom is 0.312 e. The molecular weight excluding hydrogens is 312 g/mol. The van der Waals surface area contributed by atoms with E-state index >= 15 is 0 Å². The second kappa shape index (κ2) is 6.14. The van der Waals surface area contributed by atoms with Crippen LogP contribution >= 0.6 is 0 Å². The van der Waals surface area contributed by atoms with Crippen molar-refractivity contribution in [2.45, 2.75) is 13.3 Å². The van der Waals surface area contributed by atoms with Gasteiger partial charge in [0, 0.05) is 25.9 Å². The molecule has 2 amide bonds. The number of fused-ring (bicyclic) bond motifs is 2. The van der Waals surface area contributed by atoms with Gasteiger partial charge in [0.15, 0.2) is 0 Å². The Hall–Kier alpha value is -2.57. The molecule has 2 N–H and O–H groups in total. The third-order valence-electron chi connectivity index (χ3n) is 4.88. The molecule has 1 fully saturated rings. The summed E-state index contributed by atoms with van der Waals surface area (Å²) in [6, 6.07) is 7.42. The molecule has 2 heterocycles. The molecule has 0 aliphatic carbocycles. The Balaban J connectivity index is 1.84. The molecule has 1 aromatic rings. The number of carboxylic acid groups (broad SMARTS) is 1. The number of rotatable bonds is 3. The van der Waals surface area contributed by atoms with Gasteiger partial charge in [-0.3, -0.25) is 14.4 Å². The Bertz CT molecular complexity index is 689. The van der Waals surface area contributed by atoms with Crippen LogP contribution in [-0.4, -0.2) is 54.0 Å². The van der Waals surface area contributed by atoms with Crippen molar-refractivity contribution in [3.63, 3.8) is 0 Å². The number of amides is 2. The molecule has 2 aliphatic heterocycles. The number of ether oxygens (including phenoxy) is 1. The van der Waals surface area contributed by atoms with E-state index in [0.29, 0.717) is 18.7 Å². The zero-order chi connectivity index (χ0) is 17.3. The van der Waals surface area contributed by atoms with Gasteiger partial charge in [0.2, 0.25) is 11.8 Å². The van der Waals surface area contributed by atoms with Crippen LogP contribution in [0.3, 0.4) is 0 Å². The van der Waals surface area contributed by atoms with Crippen molar-refractivity contribution >= 4 is 17.8 Å². The number of likely N-dealkylation sites (tertiary alicyclic amines) is 1. The number of hydrogen-bond acceptors (Lipinski definition) is 4. The van der Waals surface area contributed by atoms with E-state index < -0.39 is 11.4 Å². The Morgan fingerprint density at radius 3 is 2.83 bits per heavy atom. The van der Waals surface area contributed by atoms with Gasteiger partial charge in [0.1, 0.15) is 5.75 Å². The summed E-state index contributed by atoms with van der Waals surface area (Å²) in [6.45, 7) is 1.93. The molecule has 7 heteroatoms. The summed E-state index contributed by atoms with van der Waals surface area (Å²) in [5.74, 6) is -1.05. The Labute approximate surface area is 139 Å². The molecule has 0 bridgehead atoms. The van der Waals surface area contributed by atoms with Gasteiger partial charge in [0.05, 0.1) is 18.6 Å². The standard InChI is InChI=1S/C17H20N2O5/c1-11(20)18-7-15(21)19-8-13-9-24-14-5-3-2-4-12(14)6-17(13,10-19)16(22)23/h2-5,13H,6-10H2,1H3,(H,18,20)(H,22,23)/t13-,17+/m0/s1. The lowest BCUT2D eigenvalue weighted by Gasteiger charge is -2.27. The highest BCUT2D eigenvalue weighted by Crippen LogP contribution is 2.43. The fourth-order valence-corrected chi connectivity index (χ4v) is 3.53. The SMILES string of the molecule is CC(=O)NCC(=O)N1C[C@H]2COc3ccccc3C[C@@]2(C(=O)O)C1. The van der Waals surface area contributed by atoms with Crippen LogP contribution in [0, 0.1) is 11.3 Å². The smallest absolute Gasteiger partial charge is 0.312 e. The third kappa shape index (κ3) is 2.81. The molecule has 0 unspecified atom stereocenters. The maximum atomic E-state index is 12.3. The fourth-order valence-electron chi connectivity index (χ4n) is 3.53. The average molecular weight is 332 g/mol. The average Bonchev–Trinajstić information content (AvgIpc) is 2.84. The molecule has 24 heavy (non-hydrogen) atoms. The number of aliphatic carboxylic acids is 1. The van der Waals surface area contributed by atoms with Crippen molar-refractivity contribution in [3.05, 3.63) is 29.8 Å². The van der Waals surface area contributed by atoms with Crippen LogP contribution in [0.2, 0.25) is 0 Å². The van der Waals surface area contributed by atoms with Crippen LogP contribution in [0.15, 0.2) is 24.3 Å². The lowest BCUT2D eigenvalue weighted by molar-refractivity contribution is -0.151. The highest BCUT2D eigenvalue weighted by molar-refractivity contribution is 5.85. The summed E-state index contributed by atoms with van der Waals surface area (Å²) < 4.78 is 5.79. The number of carboxylic acids is 1. The van der Waals surface area contributed by atoms with Gasteiger partial charge < -0.3 is 20.1 Å². The van der Waals surface area contributed by atoms with Gasteiger partial charge in [-0.15, -0.1) is 0 Å². The molecule has 1 aromatic carbocycles. The lowest BCUT2D eigenvalue weighted by Crippen LogP contribution is -2.43. The zero-order valence-corrected chi connectivity index (χ0v) is 13.4. The van der Waals surface area contributed by atoms with E-state index in [1.54, 1.807) is 0 Å². The topological polar surface area (TPSA) is 95.9 Å². The zero-order valence-electron chi connectivity index (χ0n) is 13.4. The number of nitrogens with one attached hydrogen (secondary N) is 1. The van der Waals surface area contributed by atoms with Crippen LogP contribution in [0.5, 0.6) is 5.75 Å². The van der Waals surface area contributed by atoms with Crippen molar-refractivity contribution in [1.29, 1.82) is 0 Å². The second-order valence-corrected chi connectivity index (χ2v) is 6.44. The largest absolute Gasteiger partial charge is 0.493 e. The first kappa shape index (κ1) is 16.3. The summed E-state index contributed by atoms with van der Waals surface area (Å²) in [5.41, 5.74) is -0.211. The summed E-state index contributed by atoms with van der Waals surface area (Å²) in [5, 5.41) is 12.4. The molecule has 1 saturated heterocycles. The fraction of sp³-hybridized carbons (Fsp3) is 0.471. The minimum atomic E-state index is -1.06. The number of carbonyl (C=O) groups is 3. The van der Waals surface area contributed by atoms with Gasteiger partial charge in [-0.1, -0.05) is 18.2 Å². The summed E-state index contributed by atoms with van der Waals surface area (Å²) in [6.07, 6.45) is 0.326. The third-order valence-corrected chi connectivity index (χ3v) is 4.88. The van der Waals surface area contributed by atoms with E-state index in [9.17, 15) is 19.5 Å². The first-order valence-corrected chi connectivity index (χ1v) is 7.89. The minimum absolute atomic E-state index is 0.116. The van der Waals surface area contributed by atoms with Crippen molar-refractivity contribution in [2.75, 3.05) is 26.2 Å². The summed E-state index contributed by atoms with van der Waals surface area (Å²) >= 11 is 0. The van der Waals surface area contributed by atoms with E-state index in [4.69, 9.17) is 4.74 Å². The van der Waals surface area contributed by atoms with Crippen LogP contribution in [-0.2, 0) is 20.8 Å². The van der Waals surface area contributed by atoms with E-state index in [2.05, 4.69) is 5.32 Å². The van der Waals surface area contributed by atoms with Crippen LogP contribution in [0.25, 0.3) is 0 Å². The summed E-state index contributed by atoms with van der Waals surface area (Å²) in [7, 11) is 0. The molecule has 128 valence electrons. The van der Waals surface area contributed by atoms with Crippen molar-refractivity contribution in [2.24, 2.45) is 11.3 Å². The Morgan fingerprint density at radius 1 is 1.38 bits per heavy atom. The molecule has 0 aromatic heterocycles. The highest BCUT2D eigenvalue weighted by Gasteiger charge is 2.55. The second-order valence-electron chi connectivity index (χ2n) is 6.44. The molecule has 0 saturated carbocycles. The number of hydrogen-bond donors (Lipinski definition) is 2. The van der Waals surface area contributed by atoms with Gasteiger partial charge in [-0.2, -0.15) is 0 Å². The molecule has 2 atom stereocenters. The lowest BCUT2D eigenvalue weighted by atomic mass is 9.74. The molecule has 2 aliphatic rings. The predicted molar refractivity (Wildman–Crippen MR) is 84.5 cm³/mol. The molecule has 7 nitrogen and oxygen atoms in total. The molecule has 0 spiro atoms. The van der Waals surface area contributed by atoms with Crippen molar-refractivity contribution in [3.8, 4) is 5.75 Å². The highest BCUT2D eigenvalue weighted by atomic mass is 16.5. The number of nitrogens with zero attached hydrogens (tertiary/aromatic N) is 1. The monoisotopic (exact) mass is 332 g/mol. The molecular formula is C17H20N2O5. The normalized spacial score (nSPS) is 25.0. The number of para-hydroxylation sites is 1. The predicted octanol–water partition coefficient (Wildman–Crippen LogP) is 0.287. The molecule has 3 rings (SSSR count). The van der Waals surface area contributed by atoms with Crippen LogP contribution in [0.4, 0.5) is 0 Å². The van der Waals surface area contributed by atoms with Crippen LogP contribution < -0.4 is 10.1 Å². The molecule has 0 radical (unpaired) electrons. The van der Waals surface area contributed by atoms with E-state index in [1.807, 2.05) is 24.3 Å². The summed E-state index contributed by atoms with van der Waals surface area (Å²) in [4.78, 5) is 36.9. The van der Waals surface area contributed by atoms with Gasteiger partial charge in [0.25, 0.3) is 0 Å². The van der Waals surface area contributed by atoms with Gasteiger partial charge in [-0.05, 0) is 18.1 Å². The number of carbonyl (C=O) groups excluding carboxylic acids is 2. The van der Waals surface area contributed by atoms with E-state index in [0.717, 1.165) is 5.56 Å². The first-order valence-electron chi connectivity index (χ1n) is 7.89. The van der Waals surface area contributed by atoms with Crippen molar-refractivity contribution < 1.29 is 24.2 Å². The number of benzene rings is 1. The van der Waals surface area contributed by atoms with Gasteiger partial charge in [-0.25, -0.2) is 0 Å². The van der Waals surface area contributed by atoms with E-state index in [1.165, 1.54) is 11.8 Å². The quantitative estimate of drug-likeness (QED) is 0.829. The van der Waals surface area contributed by atoms with Crippen LogP contribution in [0.1, 0.15) is 12.5 Å². The maximum absolute atomic E-state index is 12.3. The Kier molecular flexibility index (Phi) is 4.17. The first-order chi connectivity index (χ1) is 11.4. The minimum Gasteiger partial charge on any atom is -0.493 e. The van der Waals surface area contributed by atoms with Crippen molar-refractivity contribution in [1.82, 2.24) is 10.2 Å². The Morgan fingerprint density at radius 2 is 2.12 bits per heavy atom. The van der Waals surface area contributed by atoms with Gasteiger partial charge >= 0.3 is 5.97 Å². The van der Waals surface area contributed by atoms with E-state index in [-0.39, 0.29) is 37.4 Å².